The lowest BCUT2D eigenvalue weighted by Gasteiger charge is -2.32. The van der Waals surface area contributed by atoms with E-state index in [0.29, 0.717) is 11.7 Å². The lowest BCUT2D eigenvalue weighted by Crippen LogP contribution is -2.41. The van der Waals surface area contributed by atoms with Crippen LogP contribution in [0.3, 0.4) is 0 Å². The van der Waals surface area contributed by atoms with E-state index in [1.165, 1.54) is 12.8 Å². The molecular weight excluding hydrogens is 199 g/mol. The SMILES string of the molecule is CC1(C)OB([C@H]2C[C@@H]3C=C[C@H]2C3)OC1(C)C. The summed E-state index contributed by atoms with van der Waals surface area (Å²) in [5.41, 5.74) is -0.355. The normalized spacial score (nSPS) is 43.2. The Hall–Kier alpha value is -0.275. The molecule has 1 saturated heterocycles. The molecule has 1 heterocycles. The zero-order chi connectivity index (χ0) is 11.6. The molecule has 16 heavy (non-hydrogen) atoms. The van der Waals surface area contributed by atoms with Crippen LogP contribution in [0.5, 0.6) is 0 Å². The van der Waals surface area contributed by atoms with Gasteiger partial charge in [0.15, 0.2) is 0 Å². The summed E-state index contributed by atoms with van der Waals surface area (Å²) in [5, 5.41) is 0. The first-order valence-electron chi connectivity index (χ1n) is 6.43. The molecule has 0 unspecified atom stereocenters. The lowest BCUT2D eigenvalue weighted by atomic mass is 9.65. The number of rotatable bonds is 1. The van der Waals surface area contributed by atoms with E-state index in [4.69, 9.17) is 9.31 Å². The molecular formula is C13H21BO2. The fourth-order valence-electron chi connectivity index (χ4n) is 3.20. The van der Waals surface area contributed by atoms with Gasteiger partial charge >= 0.3 is 7.12 Å². The summed E-state index contributed by atoms with van der Waals surface area (Å²) in [6.45, 7) is 8.54. The van der Waals surface area contributed by atoms with Crippen LogP contribution in [0.1, 0.15) is 40.5 Å². The molecule has 0 radical (unpaired) electrons. The molecule has 1 aliphatic heterocycles. The summed E-state index contributed by atoms with van der Waals surface area (Å²) in [4.78, 5) is 0. The minimum atomic E-state index is -0.177. The second-order valence-corrected chi connectivity index (χ2v) is 6.57. The Kier molecular flexibility index (Phi) is 2.13. The second-order valence-electron chi connectivity index (χ2n) is 6.57. The molecule has 88 valence electrons. The summed E-state index contributed by atoms with van der Waals surface area (Å²) in [6.07, 6.45) is 7.29. The van der Waals surface area contributed by atoms with E-state index < -0.39 is 0 Å². The highest BCUT2D eigenvalue weighted by Crippen LogP contribution is 2.52. The predicted octanol–water partition coefficient (Wildman–Crippen LogP) is 3.04. The summed E-state index contributed by atoms with van der Waals surface area (Å²) in [7, 11) is 0.00458. The van der Waals surface area contributed by atoms with Crippen LogP contribution < -0.4 is 0 Å². The first-order chi connectivity index (χ1) is 7.39. The van der Waals surface area contributed by atoms with Crippen LogP contribution in [0.15, 0.2) is 12.2 Å². The van der Waals surface area contributed by atoms with E-state index in [2.05, 4.69) is 39.8 Å². The molecule has 0 amide bonds. The first-order valence-corrected chi connectivity index (χ1v) is 6.43. The van der Waals surface area contributed by atoms with Crippen LogP contribution in [0, 0.1) is 11.8 Å². The molecule has 0 aromatic carbocycles. The number of hydrogen-bond donors (Lipinski definition) is 0. The monoisotopic (exact) mass is 220 g/mol. The van der Waals surface area contributed by atoms with Gasteiger partial charge in [0.05, 0.1) is 11.2 Å². The molecule has 3 heteroatoms. The van der Waals surface area contributed by atoms with Gasteiger partial charge in [0.1, 0.15) is 0 Å². The van der Waals surface area contributed by atoms with Gasteiger partial charge < -0.3 is 9.31 Å². The van der Waals surface area contributed by atoms with Gasteiger partial charge in [-0.25, -0.2) is 0 Å². The minimum Gasteiger partial charge on any atom is -0.403 e. The summed E-state index contributed by atoms with van der Waals surface area (Å²) in [6, 6.07) is 0. The van der Waals surface area contributed by atoms with Gasteiger partial charge in [-0.1, -0.05) is 12.2 Å². The highest BCUT2D eigenvalue weighted by Gasteiger charge is 2.56. The third-order valence-corrected chi connectivity index (χ3v) is 4.95. The van der Waals surface area contributed by atoms with Gasteiger partial charge in [-0.15, -0.1) is 0 Å². The molecule has 3 rings (SSSR count). The highest BCUT2D eigenvalue weighted by atomic mass is 16.7. The van der Waals surface area contributed by atoms with Crippen LogP contribution >= 0.6 is 0 Å². The summed E-state index contributed by atoms with van der Waals surface area (Å²) in [5.74, 6) is 2.06. The van der Waals surface area contributed by atoms with Crippen molar-refractivity contribution in [2.24, 2.45) is 11.8 Å². The van der Waals surface area contributed by atoms with E-state index in [0.717, 1.165) is 5.92 Å². The van der Waals surface area contributed by atoms with Crippen LogP contribution in [-0.2, 0) is 9.31 Å². The van der Waals surface area contributed by atoms with Crippen molar-refractivity contribution in [3.63, 3.8) is 0 Å². The average molecular weight is 220 g/mol. The largest absolute Gasteiger partial charge is 0.461 e. The van der Waals surface area contributed by atoms with E-state index in [1.54, 1.807) is 0 Å². The Labute approximate surface area is 98.5 Å². The molecule has 0 aromatic rings. The Morgan fingerprint density at radius 3 is 2.06 bits per heavy atom. The Bertz CT molecular complexity index is 319. The maximum Gasteiger partial charge on any atom is 0.461 e. The van der Waals surface area contributed by atoms with Gasteiger partial charge in [-0.3, -0.25) is 0 Å². The van der Waals surface area contributed by atoms with Crippen LogP contribution in [0.25, 0.3) is 0 Å². The van der Waals surface area contributed by atoms with Crippen molar-refractivity contribution in [3.05, 3.63) is 12.2 Å². The fraction of sp³-hybridized carbons (Fsp3) is 0.846. The molecule has 2 nitrogen and oxygen atoms in total. The predicted molar refractivity (Wildman–Crippen MR) is 65.2 cm³/mol. The first kappa shape index (κ1) is 10.9. The van der Waals surface area contributed by atoms with E-state index in [9.17, 15) is 0 Å². The van der Waals surface area contributed by atoms with Crippen molar-refractivity contribution in [1.29, 1.82) is 0 Å². The summed E-state index contributed by atoms with van der Waals surface area (Å²) < 4.78 is 12.3. The highest BCUT2D eigenvalue weighted by molar-refractivity contribution is 6.47. The van der Waals surface area contributed by atoms with E-state index in [1.807, 2.05) is 0 Å². The van der Waals surface area contributed by atoms with Crippen LogP contribution in [-0.4, -0.2) is 18.3 Å². The summed E-state index contributed by atoms with van der Waals surface area (Å²) >= 11 is 0. The van der Waals surface area contributed by atoms with Gasteiger partial charge in [0.2, 0.25) is 0 Å². The number of fused-ring (bicyclic) bond motifs is 2. The standard InChI is InChI=1S/C13H21BO2/c1-12(2)13(3,4)16-14(15-12)11-8-9-5-6-10(11)7-9/h5-6,9-11H,7-8H2,1-4H3/t9-,10+,11+/m1/s1. The van der Waals surface area contributed by atoms with Crippen LogP contribution in [0.2, 0.25) is 5.82 Å². The zero-order valence-electron chi connectivity index (χ0n) is 10.7. The Morgan fingerprint density at radius 2 is 1.62 bits per heavy atom. The quantitative estimate of drug-likeness (QED) is 0.499. The topological polar surface area (TPSA) is 18.5 Å². The van der Waals surface area contributed by atoms with Crippen molar-refractivity contribution < 1.29 is 9.31 Å². The van der Waals surface area contributed by atoms with Gasteiger partial charge in [0, 0.05) is 5.82 Å². The van der Waals surface area contributed by atoms with E-state index >= 15 is 0 Å². The zero-order valence-corrected chi connectivity index (χ0v) is 10.7. The van der Waals surface area contributed by atoms with Crippen molar-refractivity contribution in [2.45, 2.75) is 57.6 Å². The fourth-order valence-corrected chi connectivity index (χ4v) is 3.20. The molecule has 2 fully saturated rings. The maximum absolute atomic E-state index is 6.14. The molecule has 0 N–H and O–H groups in total. The third kappa shape index (κ3) is 1.41. The molecule has 2 aliphatic carbocycles. The maximum atomic E-state index is 6.14. The van der Waals surface area contributed by atoms with E-state index in [-0.39, 0.29) is 18.3 Å². The third-order valence-electron chi connectivity index (χ3n) is 4.95. The van der Waals surface area contributed by atoms with Crippen molar-refractivity contribution in [2.75, 3.05) is 0 Å². The minimum absolute atomic E-state index is 0.00458. The number of allylic oxidation sites excluding steroid dienone is 2. The van der Waals surface area contributed by atoms with Crippen LogP contribution in [0.4, 0.5) is 0 Å². The average Bonchev–Trinajstić information content (AvgIpc) is 2.79. The van der Waals surface area contributed by atoms with Crippen molar-refractivity contribution >= 4 is 7.12 Å². The van der Waals surface area contributed by atoms with Gasteiger partial charge in [0.25, 0.3) is 0 Å². The van der Waals surface area contributed by atoms with Crippen molar-refractivity contribution in [3.8, 4) is 0 Å². The smallest absolute Gasteiger partial charge is 0.403 e. The Balaban J connectivity index is 1.77. The van der Waals surface area contributed by atoms with Gasteiger partial charge in [-0.05, 0) is 52.4 Å². The lowest BCUT2D eigenvalue weighted by molar-refractivity contribution is 0.00578. The molecule has 0 spiro atoms. The molecule has 3 aliphatic rings. The molecule has 2 bridgehead atoms. The Morgan fingerprint density at radius 1 is 1.00 bits per heavy atom. The second kappa shape index (κ2) is 3.14. The molecule has 1 saturated carbocycles. The molecule has 3 atom stereocenters. The molecule has 0 aromatic heterocycles. The number of hydrogen-bond acceptors (Lipinski definition) is 2. The van der Waals surface area contributed by atoms with Crippen molar-refractivity contribution in [1.82, 2.24) is 0 Å². The van der Waals surface area contributed by atoms with Gasteiger partial charge in [-0.2, -0.15) is 0 Å².